The van der Waals surface area contributed by atoms with E-state index in [2.05, 4.69) is 55.7 Å². The van der Waals surface area contributed by atoms with Crippen molar-refractivity contribution >= 4 is 11.3 Å². The Hall–Kier alpha value is -1.19. The molecule has 0 bridgehead atoms. The number of aryl methyl sites for hydroxylation is 1. The van der Waals surface area contributed by atoms with Gasteiger partial charge in [0, 0.05) is 10.9 Å². The van der Waals surface area contributed by atoms with Crippen molar-refractivity contribution in [1.82, 2.24) is 10.3 Å². The van der Waals surface area contributed by atoms with Crippen LogP contribution in [0, 0.1) is 6.92 Å². The summed E-state index contributed by atoms with van der Waals surface area (Å²) >= 11 is 1.70. The molecule has 2 rings (SSSR count). The van der Waals surface area contributed by atoms with Gasteiger partial charge in [-0.25, -0.2) is 4.98 Å². The molecular formula is C14H18N2S. The van der Waals surface area contributed by atoms with Crippen LogP contribution in [-0.2, 0) is 5.54 Å². The molecule has 1 aromatic heterocycles. The number of rotatable bonds is 3. The van der Waals surface area contributed by atoms with Gasteiger partial charge < -0.3 is 5.32 Å². The van der Waals surface area contributed by atoms with E-state index in [9.17, 15) is 0 Å². The van der Waals surface area contributed by atoms with Crippen molar-refractivity contribution in [2.45, 2.75) is 26.3 Å². The van der Waals surface area contributed by atoms with E-state index in [1.165, 1.54) is 11.1 Å². The second-order valence-electron chi connectivity index (χ2n) is 4.78. The first-order chi connectivity index (χ1) is 8.03. The quantitative estimate of drug-likeness (QED) is 0.895. The number of thiazole rings is 1. The Morgan fingerprint density at radius 2 is 2.06 bits per heavy atom. The first-order valence-corrected chi connectivity index (χ1v) is 6.63. The molecule has 0 aliphatic heterocycles. The minimum atomic E-state index is -0.0709. The van der Waals surface area contributed by atoms with Crippen LogP contribution in [0.4, 0.5) is 0 Å². The Bertz CT molecular complexity index is 514. The highest BCUT2D eigenvalue weighted by Crippen LogP contribution is 2.28. The first kappa shape index (κ1) is 12.3. The third-order valence-corrected chi connectivity index (χ3v) is 3.93. The van der Waals surface area contributed by atoms with Crippen LogP contribution in [0.5, 0.6) is 0 Å². The Labute approximate surface area is 107 Å². The topological polar surface area (TPSA) is 24.9 Å². The van der Waals surface area contributed by atoms with Crippen LogP contribution >= 0.6 is 11.3 Å². The Morgan fingerprint density at radius 1 is 1.29 bits per heavy atom. The molecule has 1 N–H and O–H groups in total. The zero-order valence-corrected chi connectivity index (χ0v) is 11.6. The van der Waals surface area contributed by atoms with E-state index in [0.29, 0.717) is 0 Å². The standard InChI is InChI=1S/C14H18N2S/c1-10-6-5-7-11(8-10)13-16-12(9-17-13)14(2,3)15-4/h5-9,15H,1-4H3. The number of nitrogens with one attached hydrogen (secondary N) is 1. The van der Waals surface area contributed by atoms with Crippen LogP contribution < -0.4 is 5.32 Å². The number of hydrogen-bond donors (Lipinski definition) is 1. The predicted molar refractivity (Wildman–Crippen MR) is 74.4 cm³/mol. The van der Waals surface area contributed by atoms with E-state index in [-0.39, 0.29) is 5.54 Å². The highest BCUT2D eigenvalue weighted by molar-refractivity contribution is 7.13. The van der Waals surface area contributed by atoms with E-state index in [4.69, 9.17) is 4.98 Å². The summed E-state index contributed by atoms with van der Waals surface area (Å²) in [5.41, 5.74) is 3.50. The summed E-state index contributed by atoms with van der Waals surface area (Å²) in [7, 11) is 1.96. The van der Waals surface area contributed by atoms with Crippen molar-refractivity contribution in [3.05, 3.63) is 40.9 Å². The zero-order valence-electron chi connectivity index (χ0n) is 10.7. The van der Waals surface area contributed by atoms with Gasteiger partial charge in [-0.2, -0.15) is 0 Å². The number of hydrogen-bond acceptors (Lipinski definition) is 3. The Morgan fingerprint density at radius 3 is 2.71 bits per heavy atom. The third kappa shape index (κ3) is 2.56. The average molecular weight is 246 g/mol. The van der Waals surface area contributed by atoms with Gasteiger partial charge in [0.25, 0.3) is 0 Å². The van der Waals surface area contributed by atoms with Crippen LogP contribution in [-0.4, -0.2) is 12.0 Å². The molecular weight excluding hydrogens is 228 g/mol. The molecule has 0 aliphatic carbocycles. The maximum Gasteiger partial charge on any atom is 0.123 e. The Kier molecular flexibility index (Phi) is 3.31. The van der Waals surface area contributed by atoms with Gasteiger partial charge in [0.05, 0.1) is 11.2 Å². The van der Waals surface area contributed by atoms with Crippen molar-refractivity contribution in [1.29, 1.82) is 0 Å². The summed E-state index contributed by atoms with van der Waals surface area (Å²) in [6.07, 6.45) is 0. The molecule has 1 heterocycles. The van der Waals surface area contributed by atoms with E-state index >= 15 is 0 Å². The van der Waals surface area contributed by atoms with Gasteiger partial charge in [0.15, 0.2) is 0 Å². The van der Waals surface area contributed by atoms with Crippen LogP contribution in [0.3, 0.4) is 0 Å². The van der Waals surface area contributed by atoms with Gasteiger partial charge in [0.2, 0.25) is 0 Å². The normalized spacial score (nSPS) is 11.8. The van der Waals surface area contributed by atoms with E-state index in [0.717, 1.165) is 10.7 Å². The molecule has 17 heavy (non-hydrogen) atoms. The van der Waals surface area contributed by atoms with Gasteiger partial charge in [-0.15, -0.1) is 11.3 Å². The SMILES string of the molecule is CNC(C)(C)c1csc(-c2cccc(C)c2)n1. The van der Waals surface area contributed by atoms with Crippen molar-refractivity contribution in [3.63, 3.8) is 0 Å². The minimum Gasteiger partial charge on any atom is -0.310 e. The van der Waals surface area contributed by atoms with Gasteiger partial charge in [-0.1, -0.05) is 23.8 Å². The molecule has 0 saturated carbocycles. The molecule has 0 unspecified atom stereocenters. The Balaban J connectivity index is 2.36. The maximum absolute atomic E-state index is 4.72. The van der Waals surface area contributed by atoms with Gasteiger partial charge in [-0.05, 0) is 33.9 Å². The summed E-state index contributed by atoms with van der Waals surface area (Å²) < 4.78 is 0. The minimum absolute atomic E-state index is 0.0709. The van der Waals surface area contributed by atoms with Crippen LogP contribution in [0.15, 0.2) is 29.6 Å². The molecule has 0 amide bonds. The molecule has 0 aliphatic rings. The molecule has 3 heteroatoms. The van der Waals surface area contributed by atoms with Crippen molar-refractivity contribution in [2.75, 3.05) is 7.05 Å². The fourth-order valence-corrected chi connectivity index (χ4v) is 2.58. The van der Waals surface area contributed by atoms with E-state index < -0.39 is 0 Å². The summed E-state index contributed by atoms with van der Waals surface area (Å²) in [5, 5.41) is 6.50. The van der Waals surface area contributed by atoms with Crippen molar-refractivity contribution in [3.8, 4) is 10.6 Å². The van der Waals surface area contributed by atoms with Crippen LogP contribution in [0.1, 0.15) is 25.1 Å². The smallest absolute Gasteiger partial charge is 0.123 e. The summed E-state index contributed by atoms with van der Waals surface area (Å²) in [6.45, 7) is 6.39. The maximum atomic E-state index is 4.72. The fraction of sp³-hybridized carbons (Fsp3) is 0.357. The molecule has 0 fully saturated rings. The second kappa shape index (κ2) is 4.59. The molecule has 2 aromatic rings. The number of nitrogens with zero attached hydrogens (tertiary/aromatic N) is 1. The van der Waals surface area contributed by atoms with E-state index in [1.54, 1.807) is 11.3 Å². The van der Waals surface area contributed by atoms with Crippen LogP contribution in [0.25, 0.3) is 10.6 Å². The molecule has 0 spiro atoms. The predicted octanol–water partition coefficient (Wildman–Crippen LogP) is 3.57. The lowest BCUT2D eigenvalue weighted by molar-refractivity contribution is 0.434. The van der Waals surface area contributed by atoms with Crippen LogP contribution in [0.2, 0.25) is 0 Å². The third-order valence-electron chi connectivity index (χ3n) is 3.03. The van der Waals surface area contributed by atoms with E-state index in [1.807, 2.05) is 7.05 Å². The number of aromatic nitrogens is 1. The molecule has 1 aromatic carbocycles. The molecule has 90 valence electrons. The van der Waals surface area contributed by atoms with Gasteiger partial charge in [-0.3, -0.25) is 0 Å². The highest BCUT2D eigenvalue weighted by atomic mass is 32.1. The van der Waals surface area contributed by atoms with Gasteiger partial charge >= 0.3 is 0 Å². The summed E-state index contributed by atoms with van der Waals surface area (Å²) in [4.78, 5) is 4.72. The van der Waals surface area contributed by atoms with Crippen molar-refractivity contribution in [2.24, 2.45) is 0 Å². The molecule has 0 atom stereocenters. The monoisotopic (exact) mass is 246 g/mol. The number of benzene rings is 1. The summed E-state index contributed by atoms with van der Waals surface area (Å²) in [6, 6.07) is 8.47. The average Bonchev–Trinajstić information content (AvgIpc) is 2.79. The highest BCUT2D eigenvalue weighted by Gasteiger charge is 2.21. The lowest BCUT2D eigenvalue weighted by atomic mass is 10.0. The molecule has 0 saturated heterocycles. The lowest BCUT2D eigenvalue weighted by Crippen LogP contribution is -2.33. The molecule has 0 radical (unpaired) electrons. The largest absolute Gasteiger partial charge is 0.310 e. The molecule has 2 nitrogen and oxygen atoms in total. The van der Waals surface area contributed by atoms with Gasteiger partial charge in [0.1, 0.15) is 5.01 Å². The second-order valence-corrected chi connectivity index (χ2v) is 5.64. The lowest BCUT2D eigenvalue weighted by Gasteiger charge is -2.21. The zero-order chi connectivity index (χ0) is 12.5. The van der Waals surface area contributed by atoms with Crippen molar-refractivity contribution < 1.29 is 0 Å². The fourth-order valence-electron chi connectivity index (χ4n) is 1.60. The first-order valence-electron chi connectivity index (χ1n) is 5.75. The summed E-state index contributed by atoms with van der Waals surface area (Å²) in [5.74, 6) is 0.